The predicted octanol–water partition coefficient (Wildman–Crippen LogP) is 2.91. The summed E-state index contributed by atoms with van der Waals surface area (Å²) in [7, 11) is 0. The van der Waals surface area contributed by atoms with Crippen LogP contribution in [0.15, 0.2) is 43.0 Å². The lowest BCUT2D eigenvalue weighted by Gasteiger charge is -2.09. The molecule has 4 nitrogen and oxygen atoms in total. The highest BCUT2D eigenvalue weighted by Gasteiger charge is 1.97. The molecule has 0 bridgehead atoms. The summed E-state index contributed by atoms with van der Waals surface area (Å²) in [6.45, 7) is 3.87. The molecule has 2 aromatic rings. The third kappa shape index (κ3) is 3.73. The Morgan fingerprint density at radius 2 is 1.89 bits per heavy atom. The van der Waals surface area contributed by atoms with Gasteiger partial charge in [0, 0.05) is 25.5 Å². The molecular formula is C14H18N4. The molecule has 0 aliphatic rings. The zero-order valence-corrected chi connectivity index (χ0v) is 10.6. The first-order valence-electron chi connectivity index (χ1n) is 6.20. The van der Waals surface area contributed by atoms with Gasteiger partial charge in [0.2, 0.25) is 0 Å². The van der Waals surface area contributed by atoms with Crippen molar-refractivity contribution in [3.05, 3.63) is 48.5 Å². The van der Waals surface area contributed by atoms with Gasteiger partial charge in [-0.2, -0.15) is 0 Å². The fourth-order valence-corrected chi connectivity index (χ4v) is 1.61. The molecule has 0 aliphatic carbocycles. The van der Waals surface area contributed by atoms with Crippen LogP contribution >= 0.6 is 0 Å². The molecule has 0 unspecified atom stereocenters. The van der Waals surface area contributed by atoms with Crippen LogP contribution in [0.5, 0.6) is 0 Å². The topological polar surface area (TPSA) is 49.8 Å². The van der Waals surface area contributed by atoms with Crippen molar-refractivity contribution >= 4 is 11.4 Å². The quantitative estimate of drug-likeness (QED) is 0.817. The summed E-state index contributed by atoms with van der Waals surface area (Å²) in [4.78, 5) is 8.30. The summed E-state index contributed by atoms with van der Waals surface area (Å²) in [6, 6.07) is 6.06. The summed E-state index contributed by atoms with van der Waals surface area (Å²) in [6.07, 6.45) is 8.41. The van der Waals surface area contributed by atoms with Crippen LogP contribution < -0.4 is 10.6 Å². The van der Waals surface area contributed by atoms with E-state index in [1.807, 2.05) is 30.7 Å². The molecule has 0 atom stereocenters. The number of nitrogens with one attached hydrogen (secondary N) is 2. The van der Waals surface area contributed by atoms with Crippen LogP contribution in [0.2, 0.25) is 0 Å². The Balaban J connectivity index is 1.93. The second-order valence-electron chi connectivity index (χ2n) is 4.10. The van der Waals surface area contributed by atoms with Crippen LogP contribution in [0.25, 0.3) is 0 Å². The monoisotopic (exact) mass is 242 g/mol. The predicted molar refractivity (Wildman–Crippen MR) is 74.6 cm³/mol. The average Bonchev–Trinajstić information content (AvgIpc) is 2.44. The first-order chi connectivity index (χ1) is 8.88. The van der Waals surface area contributed by atoms with Crippen LogP contribution in [0.1, 0.15) is 18.9 Å². The molecule has 0 amide bonds. The SMILES string of the molecule is CCCNc1cncc(NCc2cccnc2)c1. The maximum absolute atomic E-state index is 4.21. The van der Waals surface area contributed by atoms with Crippen molar-refractivity contribution in [2.75, 3.05) is 17.2 Å². The van der Waals surface area contributed by atoms with E-state index in [4.69, 9.17) is 0 Å². The van der Waals surface area contributed by atoms with E-state index in [9.17, 15) is 0 Å². The minimum absolute atomic E-state index is 0.757. The smallest absolute Gasteiger partial charge is 0.0550 e. The summed E-state index contributed by atoms with van der Waals surface area (Å²) in [5, 5.41) is 6.65. The molecule has 2 aromatic heterocycles. The minimum Gasteiger partial charge on any atom is -0.384 e. The van der Waals surface area contributed by atoms with Gasteiger partial charge < -0.3 is 10.6 Å². The Hall–Kier alpha value is -2.10. The molecule has 0 spiro atoms. The van der Waals surface area contributed by atoms with E-state index >= 15 is 0 Å². The van der Waals surface area contributed by atoms with Crippen molar-refractivity contribution in [1.82, 2.24) is 9.97 Å². The highest BCUT2D eigenvalue weighted by atomic mass is 14.9. The van der Waals surface area contributed by atoms with Crippen LogP contribution in [-0.4, -0.2) is 16.5 Å². The van der Waals surface area contributed by atoms with Crippen LogP contribution in [-0.2, 0) is 6.54 Å². The molecule has 94 valence electrons. The van der Waals surface area contributed by atoms with E-state index < -0.39 is 0 Å². The van der Waals surface area contributed by atoms with E-state index in [2.05, 4.69) is 33.6 Å². The highest BCUT2D eigenvalue weighted by Crippen LogP contribution is 2.13. The van der Waals surface area contributed by atoms with E-state index in [1.54, 1.807) is 6.20 Å². The fraction of sp³-hybridized carbons (Fsp3) is 0.286. The Morgan fingerprint density at radius 3 is 2.61 bits per heavy atom. The molecule has 0 saturated carbocycles. The summed E-state index contributed by atoms with van der Waals surface area (Å²) >= 11 is 0. The van der Waals surface area contributed by atoms with Crippen molar-refractivity contribution in [1.29, 1.82) is 0 Å². The van der Waals surface area contributed by atoms with E-state index in [1.165, 1.54) is 0 Å². The first kappa shape index (κ1) is 12.4. The molecule has 4 heteroatoms. The zero-order valence-electron chi connectivity index (χ0n) is 10.6. The van der Waals surface area contributed by atoms with Crippen LogP contribution in [0.4, 0.5) is 11.4 Å². The average molecular weight is 242 g/mol. The van der Waals surface area contributed by atoms with Gasteiger partial charge in [-0.3, -0.25) is 9.97 Å². The second kappa shape index (κ2) is 6.59. The van der Waals surface area contributed by atoms with Crippen molar-refractivity contribution in [3.8, 4) is 0 Å². The van der Waals surface area contributed by atoms with Gasteiger partial charge in [-0.05, 0) is 24.1 Å². The lowest BCUT2D eigenvalue weighted by Crippen LogP contribution is -2.03. The zero-order chi connectivity index (χ0) is 12.6. The van der Waals surface area contributed by atoms with Crippen LogP contribution in [0.3, 0.4) is 0 Å². The Bertz CT molecular complexity index is 470. The highest BCUT2D eigenvalue weighted by molar-refractivity contribution is 5.54. The Labute approximate surface area is 107 Å². The van der Waals surface area contributed by atoms with Crippen molar-refractivity contribution in [2.45, 2.75) is 19.9 Å². The van der Waals surface area contributed by atoms with Gasteiger partial charge in [0.15, 0.2) is 0 Å². The van der Waals surface area contributed by atoms with Gasteiger partial charge in [-0.15, -0.1) is 0 Å². The third-order valence-corrected chi connectivity index (χ3v) is 2.54. The normalized spacial score (nSPS) is 10.1. The molecular weight excluding hydrogens is 224 g/mol. The number of hydrogen-bond donors (Lipinski definition) is 2. The fourth-order valence-electron chi connectivity index (χ4n) is 1.61. The molecule has 2 rings (SSSR count). The molecule has 2 N–H and O–H groups in total. The molecule has 18 heavy (non-hydrogen) atoms. The number of rotatable bonds is 6. The number of anilines is 2. The molecule has 0 fully saturated rings. The molecule has 0 radical (unpaired) electrons. The van der Waals surface area contributed by atoms with Gasteiger partial charge in [-0.1, -0.05) is 13.0 Å². The summed E-state index contributed by atoms with van der Waals surface area (Å²) in [5.74, 6) is 0. The Morgan fingerprint density at radius 1 is 1.06 bits per heavy atom. The number of nitrogens with zero attached hydrogens (tertiary/aromatic N) is 2. The van der Waals surface area contributed by atoms with Gasteiger partial charge in [0.05, 0.1) is 23.8 Å². The lowest BCUT2D eigenvalue weighted by molar-refractivity contribution is 0.977. The standard InChI is InChI=1S/C14H18N4/c1-2-5-17-13-7-14(11-16-10-13)18-9-12-4-3-6-15-8-12/h3-4,6-8,10-11,17-18H,2,5,9H2,1H3. The maximum atomic E-state index is 4.21. The largest absolute Gasteiger partial charge is 0.384 e. The van der Waals surface area contributed by atoms with Crippen molar-refractivity contribution < 1.29 is 0 Å². The summed E-state index contributed by atoms with van der Waals surface area (Å²) < 4.78 is 0. The van der Waals surface area contributed by atoms with Crippen molar-refractivity contribution in [2.24, 2.45) is 0 Å². The Kier molecular flexibility index (Phi) is 4.53. The van der Waals surface area contributed by atoms with Gasteiger partial charge in [-0.25, -0.2) is 0 Å². The van der Waals surface area contributed by atoms with E-state index in [0.717, 1.165) is 36.4 Å². The van der Waals surface area contributed by atoms with Crippen molar-refractivity contribution in [3.63, 3.8) is 0 Å². The molecule has 2 heterocycles. The van der Waals surface area contributed by atoms with E-state index in [-0.39, 0.29) is 0 Å². The lowest BCUT2D eigenvalue weighted by atomic mass is 10.3. The second-order valence-corrected chi connectivity index (χ2v) is 4.10. The number of aromatic nitrogens is 2. The van der Waals surface area contributed by atoms with Gasteiger partial charge in [0.25, 0.3) is 0 Å². The molecule has 0 aliphatic heterocycles. The first-order valence-corrected chi connectivity index (χ1v) is 6.20. The van der Waals surface area contributed by atoms with Gasteiger partial charge >= 0.3 is 0 Å². The third-order valence-electron chi connectivity index (χ3n) is 2.54. The maximum Gasteiger partial charge on any atom is 0.0550 e. The molecule has 0 saturated heterocycles. The number of hydrogen-bond acceptors (Lipinski definition) is 4. The van der Waals surface area contributed by atoms with E-state index in [0.29, 0.717) is 0 Å². The van der Waals surface area contributed by atoms with Crippen LogP contribution in [0, 0.1) is 0 Å². The van der Waals surface area contributed by atoms with Gasteiger partial charge in [0.1, 0.15) is 0 Å². The summed E-state index contributed by atoms with van der Waals surface area (Å²) in [5.41, 5.74) is 3.22. The minimum atomic E-state index is 0.757. The molecule has 0 aromatic carbocycles. The number of pyridine rings is 2.